The van der Waals surface area contributed by atoms with Gasteiger partial charge in [-0.25, -0.2) is 4.98 Å². The average Bonchev–Trinajstić information content (AvgIpc) is 3.00. The predicted octanol–water partition coefficient (Wildman–Crippen LogP) is 4.15. The van der Waals surface area contributed by atoms with Crippen molar-refractivity contribution < 1.29 is 9.52 Å². The second-order valence-electron chi connectivity index (χ2n) is 6.53. The molecule has 0 aliphatic carbocycles. The van der Waals surface area contributed by atoms with E-state index in [-0.39, 0.29) is 11.2 Å². The predicted molar refractivity (Wildman–Crippen MR) is 105 cm³/mol. The van der Waals surface area contributed by atoms with E-state index in [0.717, 1.165) is 10.2 Å². The molecule has 0 unspecified atom stereocenters. The number of hydrogen-bond acceptors (Lipinski definition) is 6. The van der Waals surface area contributed by atoms with E-state index in [1.54, 1.807) is 19.1 Å². The zero-order valence-electron chi connectivity index (χ0n) is 14.7. The number of para-hydroxylation sites is 1. The molecular formula is C20H18N2O3S. The molecule has 0 fully saturated rings. The Bertz CT molecular complexity index is 1160. The molecule has 4 rings (SSSR count). The van der Waals surface area contributed by atoms with Crippen molar-refractivity contribution in [1.82, 2.24) is 9.88 Å². The molecule has 0 radical (unpaired) electrons. The van der Waals surface area contributed by atoms with Crippen LogP contribution in [0.5, 0.6) is 5.75 Å². The quantitative estimate of drug-likeness (QED) is 0.590. The molecule has 5 nitrogen and oxygen atoms in total. The van der Waals surface area contributed by atoms with Gasteiger partial charge in [-0.15, -0.1) is 11.3 Å². The summed E-state index contributed by atoms with van der Waals surface area (Å²) in [7, 11) is 3.80. The normalized spacial score (nSPS) is 11.7. The Kier molecular flexibility index (Phi) is 4.01. The third-order valence-corrected chi connectivity index (χ3v) is 5.35. The van der Waals surface area contributed by atoms with Crippen LogP contribution in [-0.4, -0.2) is 29.1 Å². The van der Waals surface area contributed by atoms with Crippen LogP contribution in [0.2, 0.25) is 0 Å². The Labute approximate surface area is 154 Å². The number of fused-ring (bicyclic) bond motifs is 2. The molecular weight excluding hydrogens is 348 g/mol. The summed E-state index contributed by atoms with van der Waals surface area (Å²) in [5.41, 5.74) is 2.28. The molecule has 132 valence electrons. The van der Waals surface area contributed by atoms with Crippen molar-refractivity contribution in [3.63, 3.8) is 0 Å². The van der Waals surface area contributed by atoms with Gasteiger partial charge in [0.15, 0.2) is 0 Å². The van der Waals surface area contributed by atoms with E-state index in [0.29, 0.717) is 39.4 Å². The van der Waals surface area contributed by atoms with E-state index in [4.69, 9.17) is 4.42 Å². The van der Waals surface area contributed by atoms with Crippen LogP contribution in [0.1, 0.15) is 11.3 Å². The highest BCUT2D eigenvalue weighted by atomic mass is 32.1. The Hall–Kier alpha value is -2.70. The molecule has 0 bridgehead atoms. The minimum Gasteiger partial charge on any atom is -0.507 e. The molecule has 0 spiro atoms. The lowest BCUT2D eigenvalue weighted by atomic mass is 10.1. The van der Waals surface area contributed by atoms with Gasteiger partial charge in [0.1, 0.15) is 22.1 Å². The molecule has 4 aromatic rings. The number of benzene rings is 2. The van der Waals surface area contributed by atoms with E-state index >= 15 is 0 Å². The molecule has 1 N–H and O–H groups in total. The maximum Gasteiger partial charge on any atom is 0.203 e. The number of rotatable bonds is 3. The third kappa shape index (κ3) is 2.67. The summed E-state index contributed by atoms with van der Waals surface area (Å²) in [6.07, 6.45) is 0. The topological polar surface area (TPSA) is 66.6 Å². The second-order valence-corrected chi connectivity index (χ2v) is 7.56. The summed E-state index contributed by atoms with van der Waals surface area (Å²) in [5.74, 6) is 0.633. The van der Waals surface area contributed by atoms with Crippen molar-refractivity contribution in [1.29, 1.82) is 0 Å². The van der Waals surface area contributed by atoms with Crippen molar-refractivity contribution in [3.8, 4) is 16.3 Å². The van der Waals surface area contributed by atoms with Gasteiger partial charge in [0.2, 0.25) is 5.43 Å². The number of hydrogen-bond donors (Lipinski definition) is 1. The van der Waals surface area contributed by atoms with Crippen molar-refractivity contribution in [2.75, 3.05) is 14.1 Å². The van der Waals surface area contributed by atoms with Crippen LogP contribution in [0.15, 0.2) is 45.6 Å². The molecule has 2 aromatic heterocycles. The van der Waals surface area contributed by atoms with Gasteiger partial charge in [-0.3, -0.25) is 4.79 Å². The lowest BCUT2D eigenvalue weighted by Crippen LogP contribution is -2.13. The van der Waals surface area contributed by atoms with E-state index in [2.05, 4.69) is 4.98 Å². The van der Waals surface area contributed by atoms with Gasteiger partial charge < -0.3 is 14.4 Å². The molecule has 0 amide bonds. The SMILES string of the molecule is Cc1oc2c(CN(C)C)c(O)ccc2c(=O)c1-c1nc2ccccc2s1. The molecule has 0 aliphatic rings. The fourth-order valence-corrected chi connectivity index (χ4v) is 4.16. The highest BCUT2D eigenvalue weighted by Crippen LogP contribution is 2.34. The van der Waals surface area contributed by atoms with Gasteiger partial charge in [0.25, 0.3) is 0 Å². The van der Waals surface area contributed by atoms with E-state index < -0.39 is 0 Å². The first-order valence-electron chi connectivity index (χ1n) is 8.24. The van der Waals surface area contributed by atoms with Crippen LogP contribution in [-0.2, 0) is 6.54 Å². The second kappa shape index (κ2) is 6.23. The van der Waals surface area contributed by atoms with Gasteiger partial charge in [0, 0.05) is 6.54 Å². The first kappa shape index (κ1) is 16.8. The summed E-state index contributed by atoms with van der Waals surface area (Å²) >= 11 is 1.48. The van der Waals surface area contributed by atoms with Gasteiger partial charge in [0.05, 0.1) is 26.7 Å². The minimum atomic E-state index is -0.122. The van der Waals surface area contributed by atoms with Crippen LogP contribution in [0.3, 0.4) is 0 Å². The summed E-state index contributed by atoms with van der Waals surface area (Å²) < 4.78 is 7.05. The van der Waals surface area contributed by atoms with Crippen LogP contribution in [0.4, 0.5) is 0 Å². The van der Waals surface area contributed by atoms with Gasteiger partial charge in [-0.2, -0.15) is 0 Å². The van der Waals surface area contributed by atoms with Crippen LogP contribution >= 0.6 is 11.3 Å². The molecule has 0 saturated carbocycles. The summed E-state index contributed by atoms with van der Waals surface area (Å²) in [4.78, 5) is 19.7. The van der Waals surface area contributed by atoms with Crippen LogP contribution in [0, 0.1) is 6.92 Å². The van der Waals surface area contributed by atoms with Crippen molar-refractivity contribution >= 4 is 32.5 Å². The van der Waals surface area contributed by atoms with Gasteiger partial charge >= 0.3 is 0 Å². The monoisotopic (exact) mass is 366 g/mol. The van der Waals surface area contributed by atoms with Gasteiger partial charge in [-0.05, 0) is 45.3 Å². The Morgan fingerprint density at radius 3 is 2.69 bits per heavy atom. The van der Waals surface area contributed by atoms with Crippen LogP contribution < -0.4 is 5.43 Å². The van der Waals surface area contributed by atoms with Crippen molar-refractivity contribution in [2.45, 2.75) is 13.5 Å². The molecule has 2 heterocycles. The smallest absolute Gasteiger partial charge is 0.203 e. The molecule has 2 aromatic carbocycles. The highest BCUT2D eigenvalue weighted by Gasteiger charge is 2.20. The average molecular weight is 366 g/mol. The highest BCUT2D eigenvalue weighted by molar-refractivity contribution is 7.21. The third-order valence-electron chi connectivity index (χ3n) is 4.30. The fraction of sp³-hybridized carbons (Fsp3) is 0.200. The Morgan fingerprint density at radius 1 is 1.19 bits per heavy atom. The standard InChI is InChI=1S/C20H18N2O3S/c1-11-17(20-21-14-6-4-5-7-16(14)26-20)18(24)12-8-9-15(23)13(10-22(2)3)19(12)25-11/h4-9,23H,10H2,1-3H3. The van der Waals surface area contributed by atoms with E-state index in [1.165, 1.54) is 11.3 Å². The Morgan fingerprint density at radius 2 is 1.96 bits per heavy atom. The Balaban J connectivity index is 2.00. The number of aryl methyl sites for hydroxylation is 1. The van der Waals surface area contributed by atoms with Crippen molar-refractivity contribution in [2.24, 2.45) is 0 Å². The number of aromatic hydroxyl groups is 1. The minimum absolute atomic E-state index is 0.122. The maximum atomic E-state index is 13.2. The molecule has 0 saturated heterocycles. The zero-order chi connectivity index (χ0) is 18.4. The zero-order valence-corrected chi connectivity index (χ0v) is 15.6. The lowest BCUT2D eigenvalue weighted by Gasteiger charge is -2.14. The van der Waals surface area contributed by atoms with E-state index in [1.807, 2.05) is 43.3 Å². The lowest BCUT2D eigenvalue weighted by molar-refractivity contribution is 0.383. The number of aromatic nitrogens is 1. The number of phenols is 1. The number of nitrogens with zero attached hydrogens (tertiary/aromatic N) is 2. The first-order valence-corrected chi connectivity index (χ1v) is 9.06. The van der Waals surface area contributed by atoms with Gasteiger partial charge in [-0.1, -0.05) is 12.1 Å². The molecule has 0 atom stereocenters. The first-order chi connectivity index (χ1) is 12.5. The summed E-state index contributed by atoms with van der Waals surface area (Å²) in [6, 6.07) is 11.0. The van der Waals surface area contributed by atoms with Crippen LogP contribution in [0.25, 0.3) is 31.8 Å². The fourth-order valence-electron chi connectivity index (χ4n) is 3.11. The molecule has 26 heavy (non-hydrogen) atoms. The molecule has 6 heteroatoms. The van der Waals surface area contributed by atoms with Crippen molar-refractivity contribution in [3.05, 3.63) is 57.9 Å². The summed E-state index contributed by atoms with van der Waals surface area (Å²) in [6.45, 7) is 2.25. The number of phenolic OH excluding ortho intramolecular Hbond substituents is 1. The van der Waals surface area contributed by atoms with E-state index in [9.17, 15) is 9.90 Å². The maximum absolute atomic E-state index is 13.2. The largest absolute Gasteiger partial charge is 0.507 e. The number of thiazole rings is 1. The summed E-state index contributed by atoms with van der Waals surface area (Å²) in [5, 5.41) is 11.3. The molecule has 0 aliphatic heterocycles.